The topological polar surface area (TPSA) is 104 Å². The van der Waals surface area contributed by atoms with E-state index in [-0.39, 0.29) is 12.3 Å². The lowest BCUT2D eigenvalue weighted by atomic mass is 9.71. The summed E-state index contributed by atoms with van der Waals surface area (Å²) in [7, 11) is 0. The van der Waals surface area contributed by atoms with Crippen LogP contribution in [0.15, 0.2) is 30.3 Å². The van der Waals surface area contributed by atoms with Crippen molar-refractivity contribution >= 4 is 23.5 Å². The van der Waals surface area contributed by atoms with Crippen molar-refractivity contribution in [1.82, 2.24) is 0 Å². The van der Waals surface area contributed by atoms with E-state index in [0.29, 0.717) is 12.1 Å². The first-order valence-electron chi connectivity index (χ1n) is 7.18. The van der Waals surface area contributed by atoms with Crippen molar-refractivity contribution in [2.45, 2.75) is 19.8 Å². The van der Waals surface area contributed by atoms with Crippen molar-refractivity contribution in [3.63, 3.8) is 0 Å². The molecule has 2 aliphatic rings. The number of hydrogen-bond acceptors (Lipinski definition) is 3. The average molecular weight is 303 g/mol. The largest absolute Gasteiger partial charge is 0.481 e. The van der Waals surface area contributed by atoms with Crippen LogP contribution in [0.1, 0.15) is 19.8 Å². The van der Waals surface area contributed by atoms with Crippen LogP contribution in [-0.4, -0.2) is 28.1 Å². The first kappa shape index (κ1) is 14.6. The van der Waals surface area contributed by atoms with E-state index >= 15 is 0 Å². The molecule has 3 rings (SSSR count). The lowest BCUT2D eigenvalue weighted by Gasteiger charge is -2.31. The van der Waals surface area contributed by atoms with Gasteiger partial charge in [-0.25, -0.2) is 0 Å². The van der Waals surface area contributed by atoms with E-state index < -0.39 is 34.6 Å². The lowest BCUT2D eigenvalue weighted by molar-refractivity contribution is -0.159. The number of para-hydroxylation sites is 1. The van der Waals surface area contributed by atoms with Gasteiger partial charge in [0.15, 0.2) is 5.41 Å². The van der Waals surface area contributed by atoms with E-state index in [0.717, 1.165) is 0 Å². The smallest absolute Gasteiger partial charge is 0.319 e. The number of amides is 1. The zero-order valence-electron chi connectivity index (χ0n) is 12.1. The maximum atomic E-state index is 12.7. The van der Waals surface area contributed by atoms with Crippen LogP contribution >= 0.6 is 0 Å². The van der Waals surface area contributed by atoms with Gasteiger partial charge in [0.25, 0.3) is 0 Å². The van der Waals surface area contributed by atoms with Gasteiger partial charge in [0.05, 0.1) is 5.92 Å². The van der Waals surface area contributed by atoms with E-state index in [9.17, 15) is 24.6 Å². The predicted molar refractivity (Wildman–Crippen MR) is 77.1 cm³/mol. The Morgan fingerprint density at radius 1 is 1.18 bits per heavy atom. The zero-order chi connectivity index (χ0) is 16.1. The molecule has 4 unspecified atom stereocenters. The third-order valence-corrected chi connectivity index (χ3v) is 5.51. The number of hydrogen-bond donors (Lipinski definition) is 3. The maximum absolute atomic E-state index is 12.7. The molecule has 3 N–H and O–H groups in total. The van der Waals surface area contributed by atoms with Crippen LogP contribution in [0.25, 0.3) is 0 Å². The van der Waals surface area contributed by atoms with Crippen molar-refractivity contribution in [3.05, 3.63) is 30.3 Å². The van der Waals surface area contributed by atoms with Gasteiger partial charge >= 0.3 is 11.9 Å². The highest BCUT2D eigenvalue weighted by Crippen LogP contribution is 2.76. The fourth-order valence-electron chi connectivity index (χ4n) is 4.27. The molecule has 4 atom stereocenters. The summed E-state index contributed by atoms with van der Waals surface area (Å²) in [6.45, 7) is 1.61. The summed E-state index contributed by atoms with van der Waals surface area (Å²) in [4.78, 5) is 36.0. The van der Waals surface area contributed by atoms with Crippen molar-refractivity contribution in [1.29, 1.82) is 0 Å². The number of benzene rings is 1. The summed E-state index contributed by atoms with van der Waals surface area (Å²) >= 11 is 0. The highest BCUT2D eigenvalue weighted by Gasteiger charge is 2.82. The molecule has 0 saturated heterocycles. The van der Waals surface area contributed by atoms with Gasteiger partial charge in [-0.3, -0.25) is 14.4 Å². The molecular formula is C16H17NO5. The number of carboxylic acid groups (broad SMARTS) is 2. The van der Waals surface area contributed by atoms with E-state index in [4.69, 9.17) is 0 Å². The van der Waals surface area contributed by atoms with E-state index in [1.165, 1.54) is 0 Å². The lowest BCUT2D eigenvalue weighted by Crippen LogP contribution is -2.49. The third kappa shape index (κ3) is 1.63. The van der Waals surface area contributed by atoms with Crippen molar-refractivity contribution in [3.8, 4) is 0 Å². The minimum Gasteiger partial charge on any atom is -0.481 e. The molecule has 2 saturated carbocycles. The molecule has 6 heteroatoms. The Morgan fingerprint density at radius 2 is 1.82 bits per heavy atom. The van der Waals surface area contributed by atoms with Gasteiger partial charge in [-0.05, 0) is 30.9 Å². The second-order valence-corrected chi connectivity index (χ2v) is 6.27. The second-order valence-electron chi connectivity index (χ2n) is 6.27. The number of aliphatic carboxylic acids is 2. The summed E-state index contributed by atoms with van der Waals surface area (Å²) in [6.07, 6.45) is 0.619. The van der Waals surface area contributed by atoms with Crippen LogP contribution in [0.5, 0.6) is 0 Å². The minimum absolute atomic E-state index is 0.173. The van der Waals surface area contributed by atoms with Crippen molar-refractivity contribution in [2.24, 2.45) is 22.7 Å². The Bertz CT molecular complexity index is 658. The molecule has 1 amide bonds. The molecular weight excluding hydrogens is 286 g/mol. The normalized spacial score (nSPS) is 35.5. The van der Waals surface area contributed by atoms with Gasteiger partial charge in [-0.15, -0.1) is 0 Å². The fourth-order valence-corrected chi connectivity index (χ4v) is 4.27. The summed E-state index contributed by atoms with van der Waals surface area (Å²) in [5.41, 5.74) is -2.20. The molecule has 6 nitrogen and oxygen atoms in total. The number of rotatable bonds is 4. The number of carboxylic acids is 2. The van der Waals surface area contributed by atoms with Crippen LogP contribution in [-0.2, 0) is 14.4 Å². The number of carbonyl (C=O) groups is 3. The summed E-state index contributed by atoms with van der Waals surface area (Å²) < 4.78 is 0. The van der Waals surface area contributed by atoms with Gasteiger partial charge in [-0.1, -0.05) is 25.1 Å². The van der Waals surface area contributed by atoms with E-state index in [1.807, 2.05) is 0 Å². The van der Waals surface area contributed by atoms with Crippen molar-refractivity contribution in [2.75, 3.05) is 5.32 Å². The van der Waals surface area contributed by atoms with Gasteiger partial charge in [0.1, 0.15) is 0 Å². The third-order valence-electron chi connectivity index (χ3n) is 5.51. The van der Waals surface area contributed by atoms with Gasteiger partial charge < -0.3 is 15.5 Å². The molecule has 116 valence electrons. The Labute approximate surface area is 127 Å². The van der Waals surface area contributed by atoms with Crippen LogP contribution in [0.3, 0.4) is 0 Å². The first-order valence-corrected chi connectivity index (χ1v) is 7.18. The minimum atomic E-state index is -1.68. The van der Waals surface area contributed by atoms with Crippen LogP contribution in [0.4, 0.5) is 5.69 Å². The quantitative estimate of drug-likeness (QED) is 0.736. The number of fused-ring (bicyclic) bond motifs is 1. The fraction of sp³-hybridized carbons (Fsp3) is 0.438. The SMILES string of the molecule is CC12C(CCC1(C(=O)O)C(=O)Nc1ccccc1)C2C(=O)O. The molecule has 1 aromatic carbocycles. The van der Waals surface area contributed by atoms with Crippen LogP contribution in [0, 0.1) is 22.7 Å². The number of carbonyl (C=O) groups excluding carboxylic acids is 1. The molecule has 0 spiro atoms. The molecule has 22 heavy (non-hydrogen) atoms. The highest BCUT2D eigenvalue weighted by molar-refractivity contribution is 6.11. The zero-order valence-corrected chi connectivity index (χ0v) is 12.1. The predicted octanol–water partition coefficient (Wildman–Crippen LogP) is 1.83. The van der Waals surface area contributed by atoms with Gasteiger partial charge in [-0.2, -0.15) is 0 Å². The number of anilines is 1. The van der Waals surface area contributed by atoms with Crippen molar-refractivity contribution < 1.29 is 24.6 Å². The van der Waals surface area contributed by atoms with Gasteiger partial charge in [0, 0.05) is 11.1 Å². The monoisotopic (exact) mass is 303 g/mol. The molecule has 0 heterocycles. The van der Waals surface area contributed by atoms with Crippen LogP contribution in [0.2, 0.25) is 0 Å². The molecule has 1 aromatic rings. The molecule has 2 fully saturated rings. The molecule has 0 aromatic heterocycles. The van der Waals surface area contributed by atoms with E-state index in [2.05, 4.69) is 5.32 Å². The Hall–Kier alpha value is -2.37. The molecule has 0 aliphatic heterocycles. The summed E-state index contributed by atoms with van der Waals surface area (Å²) in [5.74, 6) is -3.90. The summed E-state index contributed by atoms with van der Waals surface area (Å²) in [5, 5.41) is 21.6. The second kappa shape index (κ2) is 4.56. The highest BCUT2D eigenvalue weighted by atomic mass is 16.4. The Balaban J connectivity index is 1.95. The molecule has 0 radical (unpaired) electrons. The average Bonchev–Trinajstić information content (AvgIpc) is 2.95. The Kier molecular flexibility index (Phi) is 3.02. The maximum Gasteiger partial charge on any atom is 0.319 e. The number of nitrogens with one attached hydrogen (secondary N) is 1. The summed E-state index contributed by atoms with van der Waals surface area (Å²) in [6, 6.07) is 8.60. The van der Waals surface area contributed by atoms with Crippen LogP contribution < -0.4 is 5.32 Å². The molecule has 2 aliphatic carbocycles. The standard InChI is InChI=1S/C16H17NO5/c1-15-10(11(15)12(18)19)7-8-16(15,14(21)22)13(20)17-9-5-3-2-4-6-9/h2-6,10-11H,7-8H2,1H3,(H,17,20)(H,18,19)(H,21,22). The van der Waals surface area contributed by atoms with Gasteiger partial charge in [0.2, 0.25) is 5.91 Å². The molecule has 0 bridgehead atoms. The van der Waals surface area contributed by atoms with E-state index in [1.54, 1.807) is 37.3 Å². The first-order chi connectivity index (χ1) is 10.4. The Morgan fingerprint density at radius 3 is 2.32 bits per heavy atom.